The zero-order valence-corrected chi connectivity index (χ0v) is 14.0. The molecule has 4 rings (SSSR count). The van der Waals surface area contributed by atoms with Gasteiger partial charge in [-0.05, 0) is 36.6 Å². The Kier molecular flexibility index (Phi) is 3.41. The van der Waals surface area contributed by atoms with E-state index in [0.29, 0.717) is 24.1 Å². The van der Waals surface area contributed by atoms with E-state index < -0.39 is 11.2 Å². The second-order valence-corrected chi connectivity index (χ2v) is 6.95. The smallest absolute Gasteiger partial charge is 0.235 e. The van der Waals surface area contributed by atoms with Crippen LogP contribution in [-0.4, -0.2) is 5.91 Å². The number of nitrogens with two attached hydrogens (primary N) is 1. The Hall–Kier alpha value is -1.98. The number of nitrogen functional groups attached to an aromatic ring is 1. The van der Waals surface area contributed by atoms with Gasteiger partial charge in [-0.2, -0.15) is 0 Å². The van der Waals surface area contributed by atoms with Gasteiger partial charge in [0.05, 0.1) is 21.1 Å². The molecule has 0 bridgehead atoms. The second-order valence-electron chi connectivity index (χ2n) is 6.13. The summed E-state index contributed by atoms with van der Waals surface area (Å²) in [5.41, 5.74) is 6.31. The molecule has 3 N–H and O–H groups in total. The zero-order valence-electron chi connectivity index (χ0n) is 12.5. The molecule has 24 heavy (non-hydrogen) atoms. The lowest BCUT2D eigenvalue weighted by Gasteiger charge is -2.36. The van der Waals surface area contributed by atoms with Crippen LogP contribution in [0.25, 0.3) is 0 Å². The SMILES string of the molecule is Nc1cc(Cl)c(Oc2cc(F)c3c(c2)C2(CCC2)C(=O)N3)c(Cl)c1. The third kappa shape index (κ3) is 2.15. The van der Waals surface area contributed by atoms with Crippen molar-refractivity contribution in [3.8, 4) is 11.5 Å². The van der Waals surface area contributed by atoms with Crippen molar-refractivity contribution in [3.05, 3.63) is 45.7 Å². The highest BCUT2D eigenvalue weighted by Crippen LogP contribution is 2.53. The van der Waals surface area contributed by atoms with E-state index in [1.807, 2.05) is 0 Å². The zero-order chi connectivity index (χ0) is 17.1. The largest absolute Gasteiger partial charge is 0.454 e. The summed E-state index contributed by atoms with van der Waals surface area (Å²) in [4.78, 5) is 12.2. The molecule has 0 radical (unpaired) electrons. The van der Waals surface area contributed by atoms with Gasteiger partial charge in [0.1, 0.15) is 5.75 Å². The first kappa shape index (κ1) is 15.5. The first-order valence-corrected chi connectivity index (χ1v) is 8.24. The number of amides is 1. The summed E-state index contributed by atoms with van der Waals surface area (Å²) in [6.45, 7) is 0. The van der Waals surface area contributed by atoms with Crippen LogP contribution in [0, 0.1) is 5.82 Å². The van der Waals surface area contributed by atoms with Crippen LogP contribution in [0.2, 0.25) is 10.0 Å². The first-order valence-electron chi connectivity index (χ1n) is 7.48. The van der Waals surface area contributed by atoms with Gasteiger partial charge in [0, 0.05) is 11.8 Å². The number of carbonyl (C=O) groups is 1. The van der Waals surface area contributed by atoms with Gasteiger partial charge in [-0.1, -0.05) is 29.6 Å². The van der Waals surface area contributed by atoms with Crippen LogP contribution in [-0.2, 0) is 10.2 Å². The summed E-state index contributed by atoms with van der Waals surface area (Å²) in [6, 6.07) is 5.90. The third-order valence-electron chi connectivity index (χ3n) is 4.70. The molecule has 1 aliphatic carbocycles. The summed E-state index contributed by atoms with van der Waals surface area (Å²) in [5.74, 6) is -0.250. The minimum absolute atomic E-state index is 0.150. The van der Waals surface area contributed by atoms with Crippen molar-refractivity contribution in [1.29, 1.82) is 0 Å². The molecule has 1 aliphatic heterocycles. The summed E-state index contributed by atoms with van der Waals surface area (Å²) in [5, 5.41) is 3.10. The van der Waals surface area contributed by atoms with Crippen LogP contribution >= 0.6 is 23.2 Å². The van der Waals surface area contributed by atoms with Gasteiger partial charge in [0.15, 0.2) is 11.6 Å². The number of halogens is 3. The molecule has 124 valence electrons. The molecule has 1 heterocycles. The minimum atomic E-state index is -0.635. The fourth-order valence-corrected chi connectivity index (χ4v) is 3.90. The van der Waals surface area contributed by atoms with E-state index in [0.717, 1.165) is 6.42 Å². The van der Waals surface area contributed by atoms with Crippen molar-refractivity contribution in [2.45, 2.75) is 24.7 Å². The van der Waals surface area contributed by atoms with Gasteiger partial charge in [0.25, 0.3) is 0 Å². The fourth-order valence-electron chi connectivity index (χ4n) is 3.32. The van der Waals surface area contributed by atoms with E-state index in [-0.39, 0.29) is 33.1 Å². The van der Waals surface area contributed by atoms with E-state index in [9.17, 15) is 9.18 Å². The normalized spacial score (nSPS) is 17.4. The van der Waals surface area contributed by atoms with Crippen molar-refractivity contribution >= 4 is 40.5 Å². The number of benzene rings is 2. The quantitative estimate of drug-likeness (QED) is 0.744. The minimum Gasteiger partial charge on any atom is -0.454 e. The average molecular weight is 367 g/mol. The predicted molar refractivity (Wildman–Crippen MR) is 91.5 cm³/mol. The van der Waals surface area contributed by atoms with Gasteiger partial charge in [-0.25, -0.2) is 4.39 Å². The molecule has 7 heteroatoms. The summed E-state index contributed by atoms with van der Waals surface area (Å²) >= 11 is 12.2. The molecule has 1 amide bonds. The van der Waals surface area contributed by atoms with Gasteiger partial charge in [-0.15, -0.1) is 0 Å². The Bertz CT molecular complexity index is 858. The highest BCUT2D eigenvalue weighted by molar-refractivity contribution is 6.37. The Balaban J connectivity index is 1.77. The van der Waals surface area contributed by atoms with Crippen LogP contribution < -0.4 is 15.8 Å². The van der Waals surface area contributed by atoms with Crippen LogP contribution in [0.3, 0.4) is 0 Å². The van der Waals surface area contributed by atoms with E-state index in [1.165, 1.54) is 18.2 Å². The molecule has 0 unspecified atom stereocenters. The van der Waals surface area contributed by atoms with Gasteiger partial charge >= 0.3 is 0 Å². The predicted octanol–water partition coefficient (Wildman–Crippen LogP) is 4.88. The Morgan fingerprint density at radius 3 is 2.42 bits per heavy atom. The van der Waals surface area contributed by atoms with E-state index >= 15 is 0 Å². The van der Waals surface area contributed by atoms with E-state index in [1.54, 1.807) is 6.07 Å². The molecular weight excluding hydrogens is 354 g/mol. The number of fused-ring (bicyclic) bond motifs is 2. The van der Waals surface area contributed by atoms with Crippen LogP contribution in [0.5, 0.6) is 11.5 Å². The molecule has 2 aromatic rings. The monoisotopic (exact) mass is 366 g/mol. The third-order valence-corrected chi connectivity index (χ3v) is 5.26. The topological polar surface area (TPSA) is 64.3 Å². The number of ether oxygens (including phenoxy) is 1. The van der Waals surface area contributed by atoms with Crippen LogP contribution in [0.1, 0.15) is 24.8 Å². The summed E-state index contributed by atoms with van der Waals surface area (Å²) in [6.07, 6.45) is 2.35. The first-order chi connectivity index (χ1) is 11.4. The number of anilines is 2. The van der Waals surface area contributed by atoms with Crippen LogP contribution in [0.15, 0.2) is 24.3 Å². The van der Waals surface area contributed by atoms with E-state index in [4.69, 9.17) is 33.7 Å². The van der Waals surface area contributed by atoms with Crippen LogP contribution in [0.4, 0.5) is 15.8 Å². The number of hydrogen-bond donors (Lipinski definition) is 2. The lowest BCUT2D eigenvalue weighted by Crippen LogP contribution is -2.40. The maximum atomic E-state index is 14.4. The van der Waals surface area contributed by atoms with Crippen molar-refractivity contribution in [3.63, 3.8) is 0 Å². The highest BCUT2D eigenvalue weighted by Gasteiger charge is 2.52. The lowest BCUT2D eigenvalue weighted by molar-refractivity contribution is -0.123. The number of hydrogen-bond acceptors (Lipinski definition) is 3. The molecule has 0 atom stereocenters. The maximum Gasteiger partial charge on any atom is 0.235 e. The molecule has 2 aliphatic rings. The average Bonchev–Trinajstić information content (AvgIpc) is 2.75. The summed E-state index contributed by atoms with van der Waals surface area (Å²) < 4.78 is 20.1. The van der Waals surface area contributed by atoms with Crippen molar-refractivity contribution in [1.82, 2.24) is 0 Å². The molecule has 0 saturated heterocycles. The summed E-state index contributed by atoms with van der Waals surface area (Å²) in [7, 11) is 0. The highest BCUT2D eigenvalue weighted by atomic mass is 35.5. The Labute approximate surface area is 147 Å². The number of nitrogens with one attached hydrogen (secondary N) is 1. The lowest BCUT2D eigenvalue weighted by atomic mass is 9.65. The van der Waals surface area contributed by atoms with Gasteiger partial charge in [-0.3, -0.25) is 4.79 Å². The molecule has 0 aromatic heterocycles. The van der Waals surface area contributed by atoms with Gasteiger partial charge < -0.3 is 15.8 Å². The number of rotatable bonds is 2. The molecule has 1 spiro atoms. The molecule has 2 aromatic carbocycles. The van der Waals surface area contributed by atoms with Crippen molar-refractivity contribution in [2.24, 2.45) is 0 Å². The van der Waals surface area contributed by atoms with Crippen molar-refractivity contribution < 1.29 is 13.9 Å². The fraction of sp³-hybridized carbons (Fsp3) is 0.235. The Morgan fingerprint density at radius 2 is 1.83 bits per heavy atom. The number of carbonyl (C=O) groups excluding carboxylic acids is 1. The molecule has 1 fully saturated rings. The standard InChI is InChI=1S/C17H13Cl2FN2O2/c18-11-4-8(21)5-12(19)15(11)24-9-6-10-14(13(20)7-9)22-16(23)17(10)2-1-3-17/h4-7H,1-3,21H2,(H,22,23). The molecular formula is C17H13Cl2FN2O2. The second kappa shape index (κ2) is 5.26. The van der Waals surface area contributed by atoms with Crippen molar-refractivity contribution in [2.75, 3.05) is 11.1 Å². The van der Waals surface area contributed by atoms with Gasteiger partial charge in [0.2, 0.25) is 5.91 Å². The maximum absolute atomic E-state index is 14.4. The Morgan fingerprint density at radius 1 is 1.17 bits per heavy atom. The molecule has 4 nitrogen and oxygen atoms in total. The van der Waals surface area contributed by atoms with E-state index in [2.05, 4.69) is 5.32 Å². The molecule has 1 saturated carbocycles.